The number of pyridine rings is 1. The van der Waals surface area contributed by atoms with Gasteiger partial charge >= 0.3 is 0 Å². The van der Waals surface area contributed by atoms with Gasteiger partial charge in [0.15, 0.2) is 5.79 Å². The molecule has 0 unspecified atom stereocenters. The molecule has 0 amide bonds. The van der Waals surface area contributed by atoms with Crippen molar-refractivity contribution in [1.29, 1.82) is 0 Å². The minimum atomic E-state index is -0.373. The Morgan fingerprint density at radius 3 is 2.85 bits per heavy atom. The third-order valence-electron chi connectivity index (χ3n) is 4.36. The molecule has 2 aliphatic rings. The van der Waals surface area contributed by atoms with Gasteiger partial charge in [-0.25, -0.2) is 0 Å². The minimum absolute atomic E-state index is 0.373. The average molecular weight is 277 g/mol. The van der Waals surface area contributed by atoms with Crippen molar-refractivity contribution in [2.45, 2.75) is 39.0 Å². The van der Waals surface area contributed by atoms with E-state index >= 15 is 0 Å². The second-order valence-electron chi connectivity index (χ2n) is 5.85. The summed E-state index contributed by atoms with van der Waals surface area (Å²) in [6.07, 6.45) is 3.95. The van der Waals surface area contributed by atoms with Crippen LogP contribution >= 0.6 is 0 Å². The van der Waals surface area contributed by atoms with E-state index in [1.54, 1.807) is 0 Å². The molecular weight excluding hydrogens is 254 g/mol. The van der Waals surface area contributed by atoms with Crippen LogP contribution in [0.3, 0.4) is 0 Å². The van der Waals surface area contributed by atoms with Crippen LogP contribution in [0.15, 0.2) is 6.20 Å². The third kappa shape index (κ3) is 2.53. The first-order valence-corrected chi connectivity index (χ1v) is 7.30. The molecule has 0 aromatic carbocycles. The van der Waals surface area contributed by atoms with Gasteiger partial charge in [-0.2, -0.15) is 0 Å². The van der Waals surface area contributed by atoms with E-state index in [0.29, 0.717) is 13.2 Å². The van der Waals surface area contributed by atoms with Crippen LogP contribution in [-0.4, -0.2) is 42.0 Å². The summed E-state index contributed by atoms with van der Waals surface area (Å²) in [6, 6.07) is 0. The van der Waals surface area contributed by atoms with E-state index in [2.05, 4.69) is 9.88 Å². The van der Waals surface area contributed by atoms with Crippen molar-refractivity contribution in [1.82, 2.24) is 9.88 Å². The highest BCUT2D eigenvalue weighted by Gasteiger charge is 2.40. The van der Waals surface area contributed by atoms with Crippen LogP contribution in [0.4, 0.5) is 5.69 Å². The Morgan fingerprint density at radius 1 is 1.35 bits per heavy atom. The molecule has 5 heteroatoms. The van der Waals surface area contributed by atoms with Crippen LogP contribution in [0.25, 0.3) is 0 Å². The summed E-state index contributed by atoms with van der Waals surface area (Å²) in [5.74, 6) is -0.373. The summed E-state index contributed by atoms with van der Waals surface area (Å²) < 4.78 is 11.6. The highest BCUT2D eigenvalue weighted by atomic mass is 16.7. The number of likely N-dealkylation sites (tertiary alicyclic amines) is 1. The van der Waals surface area contributed by atoms with Crippen LogP contribution in [-0.2, 0) is 16.0 Å². The number of anilines is 1. The van der Waals surface area contributed by atoms with E-state index in [9.17, 15) is 0 Å². The number of aryl methyl sites for hydroxylation is 1. The van der Waals surface area contributed by atoms with E-state index < -0.39 is 0 Å². The predicted octanol–water partition coefficient (Wildman–Crippen LogP) is 1.62. The Hall–Kier alpha value is -1.17. The largest absolute Gasteiger partial charge is 0.398 e. The summed E-state index contributed by atoms with van der Waals surface area (Å²) in [5, 5.41) is 0. The van der Waals surface area contributed by atoms with Crippen LogP contribution in [0.2, 0.25) is 0 Å². The number of nitrogens with two attached hydrogens (primary N) is 1. The normalized spacial score (nSPS) is 22.5. The third-order valence-corrected chi connectivity index (χ3v) is 4.36. The van der Waals surface area contributed by atoms with Crippen LogP contribution < -0.4 is 5.73 Å². The zero-order valence-corrected chi connectivity index (χ0v) is 12.3. The van der Waals surface area contributed by atoms with Crippen LogP contribution in [0, 0.1) is 13.8 Å². The molecule has 3 rings (SSSR count). The predicted molar refractivity (Wildman–Crippen MR) is 77.3 cm³/mol. The van der Waals surface area contributed by atoms with Crippen molar-refractivity contribution in [3.8, 4) is 0 Å². The lowest BCUT2D eigenvalue weighted by atomic mass is 10.0. The second kappa shape index (κ2) is 5.31. The number of ether oxygens (including phenoxy) is 2. The number of nitrogens with zero attached hydrogens (tertiary/aromatic N) is 2. The summed E-state index contributed by atoms with van der Waals surface area (Å²) in [6.45, 7) is 8.16. The molecule has 110 valence electrons. The number of hydrogen-bond donors (Lipinski definition) is 1. The number of aromatic nitrogens is 1. The fourth-order valence-electron chi connectivity index (χ4n) is 3.10. The molecule has 2 saturated heterocycles. The van der Waals surface area contributed by atoms with Gasteiger partial charge in [0.05, 0.1) is 25.5 Å². The molecule has 0 atom stereocenters. The van der Waals surface area contributed by atoms with Crippen molar-refractivity contribution in [2.75, 3.05) is 32.0 Å². The maximum atomic E-state index is 6.10. The van der Waals surface area contributed by atoms with Gasteiger partial charge in [-0.3, -0.25) is 9.88 Å². The number of piperidine rings is 1. The fourth-order valence-corrected chi connectivity index (χ4v) is 3.10. The summed E-state index contributed by atoms with van der Waals surface area (Å²) >= 11 is 0. The number of hydrogen-bond acceptors (Lipinski definition) is 5. The zero-order valence-electron chi connectivity index (χ0n) is 12.3. The molecular formula is C15H23N3O2. The summed E-state index contributed by atoms with van der Waals surface area (Å²) in [5.41, 5.74) is 10.2. The van der Waals surface area contributed by atoms with Crippen LogP contribution in [0.1, 0.15) is 29.7 Å². The van der Waals surface area contributed by atoms with Gasteiger partial charge in [0.2, 0.25) is 0 Å². The maximum absolute atomic E-state index is 6.10. The van der Waals surface area contributed by atoms with E-state index in [1.807, 2.05) is 20.0 Å². The van der Waals surface area contributed by atoms with Crippen molar-refractivity contribution < 1.29 is 9.47 Å². The standard InChI is InChI=1S/C15H23N3O2/c1-11-8-17-13(12(2)14(11)16)9-18-5-3-4-15(10-18)19-6-7-20-15/h8H,3-7,9-10H2,1-2H3,(H2,16,17). The first-order chi connectivity index (χ1) is 9.60. The van der Waals surface area contributed by atoms with Crippen LogP contribution in [0.5, 0.6) is 0 Å². The molecule has 0 radical (unpaired) electrons. The van der Waals surface area contributed by atoms with Gasteiger partial charge in [-0.15, -0.1) is 0 Å². The quantitative estimate of drug-likeness (QED) is 0.890. The van der Waals surface area contributed by atoms with Gasteiger partial charge in [0.25, 0.3) is 0 Å². The van der Waals surface area contributed by atoms with Crippen molar-refractivity contribution >= 4 is 5.69 Å². The lowest BCUT2D eigenvalue weighted by molar-refractivity contribution is -0.190. The molecule has 0 bridgehead atoms. The zero-order chi connectivity index (χ0) is 14.2. The Morgan fingerprint density at radius 2 is 2.10 bits per heavy atom. The van der Waals surface area contributed by atoms with E-state index in [1.165, 1.54) is 0 Å². The Labute approximate surface area is 120 Å². The lowest BCUT2D eigenvalue weighted by Crippen LogP contribution is -2.48. The molecule has 1 aromatic rings. The molecule has 20 heavy (non-hydrogen) atoms. The Kier molecular flexibility index (Phi) is 3.67. The van der Waals surface area contributed by atoms with Gasteiger partial charge in [-0.1, -0.05) is 0 Å². The molecule has 2 aliphatic heterocycles. The molecule has 1 spiro atoms. The van der Waals surface area contributed by atoms with Crippen molar-refractivity contribution in [3.63, 3.8) is 0 Å². The van der Waals surface area contributed by atoms with Gasteiger partial charge in [-0.05, 0) is 37.9 Å². The molecule has 2 N–H and O–H groups in total. The first-order valence-electron chi connectivity index (χ1n) is 7.30. The van der Waals surface area contributed by atoms with E-state index in [0.717, 1.165) is 55.0 Å². The van der Waals surface area contributed by atoms with Gasteiger partial charge < -0.3 is 15.2 Å². The fraction of sp³-hybridized carbons (Fsp3) is 0.667. The maximum Gasteiger partial charge on any atom is 0.181 e. The lowest BCUT2D eigenvalue weighted by Gasteiger charge is -2.38. The Balaban J connectivity index is 1.73. The first kappa shape index (κ1) is 13.8. The Bertz CT molecular complexity index is 498. The monoisotopic (exact) mass is 277 g/mol. The topological polar surface area (TPSA) is 60.6 Å². The van der Waals surface area contributed by atoms with Gasteiger partial charge in [0, 0.05) is 24.8 Å². The second-order valence-corrected chi connectivity index (χ2v) is 5.85. The molecule has 0 aliphatic carbocycles. The van der Waals surface area contributed by atoms with Gasteiger partial charge in [0.1, 0.15) is 0 Å². The van der Waals surface area contributed by atoms with Crippen molar-refractivity contribution in [3.05, 3.63) is 23.0 Å². The summed E-state index contributed by atoms with van der Waals surface area (Å²) in [7, 11) is 0. The van der Waals surface area contributed by atoms with Crippen molar-refractivity contribution in [2.24, 2.45) is 0 Å². The number of nitrogen functional groups attached to an aromatic ring is 1. The molecule has 3 heterocycles. The highest BCUT2D eigenvalue weighted by Crippen LogP contribution is 2.31. The molecule has 1 aromatic heterocycles. The van der Waals surface area contributed by atoms with E-state index in [-0.39, 0.29) is 5.79 Å². The SMILES string of the molecule is Cc1cnc(CN2CCCC3(C2)OCCO3)c(C)c1N. The smallest absolute Gasteiger partial charge is 0.181 e. The average Bonchev–Trinajstić information content (AvgIpc) is 2.88. The minimum Gasteiger partial charge on any atom is -0.398 e. The summed E-state index contributed by atoms with van der Waals surface area (Å²) in [4.78, 5) is 6.90. The van der Waals surface area contributed by atoms with E-state index in [4.69, 9.17) is 15.2 Å². The molecule has 5 nitrogen and oxygen atoms in total. The molecule has 2 fully saturated rings. The number of rotatable bonds is 2. The molecule has 0 saturated carbocycles. The highest BCUT2D eigenvalue weighted by molar-refractivity contribution is 5.53.